The molecule has 0 N–H and O–H groups in total. The van der Waals surface area contributed by atoms with Crippen LogP contribution in [0.4, 0.5) is 13.2 Å². The maximum absolute atomic E-state index is 14.7. The Kier molecular flexibility index (Phi) is 7.94. The highest BCUT2D eigenvalue weighted by Gasteiger charge is 2.32. The second-order valence-corrected chi connectivity index (χ2v) is 14.3. The maximum Gasteiger partial charge on any atom is 0.416 e. The van der Waals surface area contributed by atoms with Crippen LogP contribution in [0.15, 0.2) is 122 Å². The fraction of sp³-hybridized carbons (Fsp3) is 0.109. The Balaban J connectivity index is 1.23. The van der Waals surface area contributed by atoms with Crippen molar-refractivity contribution in [2.45, 2.75) is 33.9 Å². The summed E-state index contributed by atoms with van der Waals surface area (Å²) in [5, 5.41) is 3.69. The van der Waals surface area contributed by atoms with Gasteiger partial charge in [-0.15, -0.1) is 0 Å². The molecule has 0 unspecified atom stereocenters. The summed E-state index contributed by atoms with van der Waals surface area (Å²) in [6, 6.07) is 33.6. The number of alkyl halides is 3. The highest BCUT2D eigenvalue weighted by molar-refractivity contribution is 6.12. The molecule has 5 heterocycles. The predicted molar refractivity (Wildman–Crippen MR) is 220 cm³/mol. The average molecular weight is 768 g/mol. The number of nitrogens with zero attached hydrogens (tertiary/aromatic N) is 9. The molecule has 58 heavy (non-hydrogen) atoms. The van der Waals surface area contributed by atoms with Gasteiger partial charge in [0.25, 0.3) is 0 Å². The van der Waals surface area contributed by atoms with E-state index in [1.807, 2.05) is 111 Å². The summed E-state index contributed by atoms with van der Waals surface area (Å²) in [6.07, 6.45) is -1.14. The molecule has 5 aromatic heterocycles. The number of rotatable bonds is 5. The zero-order valence-electron chi connectivity index (χ0n) is 31.7. The van der Waals surface area contributed by atoms with Crippen LogP contribution >= 0.6 is 0 Å². The standard InChI is InChI=1S/C46H32F3N9/c1-25-51-26(2)54-44(53-25)29-13-17-40-36(21-29)32-9-5-7-11-38(32)57(40)42-23-31(46(47,48)49)15-16-34(42)35-19-20-50-24-43(35)58-39-12-8-6-10-33(39)37-22-30(14-18-41(37)58)45-55-27(3)52-28(4)56-45/h5-24H,1-4H3. The fourth-order valence-corrected chi connectivity index (χ4v) is 8.15. The molecule has 0 saturated carbocycles. The van der Waals surface area contributed by atoms with Crippen LogP contribution in [0, 0.1) is 27.7 Å². The lowest BCUT2D eigenvalue weighted by Crippen LogP contribution is -2.08. The van der Waals surface area contributed by atoms with Crippen LogP contribution in [0.25, 0.3) is 88.9 Å². The molecule has 0 saturated heterocycles. The van der Waals surface area contributed by atoms with Crippen molar-refractivity contribution >= 4 is 43.6 Å². The molecule has 0 aliphatic heterocycles. The van der Waals surface area contributed by atoms with Crippen molar-refractivity contribution in [3.63, 3.8) is 0 Å². The van der Waals surface area contributed by atoms with Gasteiger partial charge in [-0.2, -0.15) is 13.2 Å². The van der Waals surface area contributed by atoms with Crippen LogP contribution in [-0.4, -0.2) is 44.0 Å². The first-order valence-electron chi connectivity index (χ1n) is 18.6. The Hall–Kier alpha value is -7.34. The van der Waals surface area contributed by atoms with Crippen LogP contribution in [0.1, 0.15) is 28.9 Å². The summed E-state index contributed by atoms with van der Waals surface area (Å²) in [5.74, 6) is 3.58. The molecule has 0 aliphatic carbocycles. The number of hydrogen-bond acceptors (Lipinski definition) is 7. The molecule has 0 bridgehead atoms. The summed E-state index contributed by atoms with van der Waals surface area (Å²) in [4.78, 5) is 31.6. The van der Waals surface area contributed by atoms with Crippen LogP contribution < -0.4 is 0 Å². The summed E-state index contributed by atoms with van der Waals surface area (Å²) >= 11 is 0. The topological polar surface area (TPSA) is 100 Å². The van der Waals surface area contributed by atoms with Gasteiger partial charge in [0.1, 0.15) is 23.3 Å². The van der Waals surface area contributed by atoms with E-state index in [1.165, 1.54) is 6.07 Å². The minimum Gasteiger partial charge on any atom is -0.309 e. The van der Waals surface area contributed by atoms with Crippen molar-refractivity contribution in [2.75, 3.05) is 0 Å². The van der Waals surface area contributed by atoms with Gasteiger partial charge in [0.15, 0.2) is 11.6 Å². The Labute approximate surface area is 329 Å². The third-order valence-electron chi connectivity index (χ3n) is 10.5. The molecular weight excluding hydrogens is 736 g/mol. The predicted octanol–water partition coefficient (Wildman–Crippen LogP) is 10.9. The number of aryl methyl sites for hydroxylation is 4. The number of aromatic nitrogens is 9. The third kappa shape index (κ3) is 5.75. The van der Waals surface area contributed by atoms with E-state index in [9.17, 15) is 13.2 Å². The average Bonchev–Trinajstić information content (AvgIpc) is 3.71. The summed E-state index contributed by atoms with van der Waals surface area (Å²) < 4.78 is 48.1. The molecule has 5 aromatic carbocycles. The Morgan fingerprint density at radius 3 is 1.43 bits per heavy atom. The Morgan fingerprint density at radius 2 is 0.914 bits per heavy atom. The number of hydrogen-bond donors (Lipinski definition) is 0. The van der Waals surface area contributed by atoms with Crippen molar-refractivity contribution in [1.29, 1.82) is 0 Å². The van der Waals surface area contributed by atoms with Crippen molar-refractivity contribution in [1.82, 2.24) is 44.0 Å². The SMILES string of the molecule is Cc1nc(C)nc(-c2ccc3c(c2)c2ccccc2n3-c2cnccc2-c2ccc(C(F)(F)F)cc2-n2c3ccccc3c3cc(-c4nc(C)nc(C)n4)ccc32)n1. The van der Waals surface area contributed by atoms with Gasteiger partial charge in [0, 0.05) is 50.0 Å². The molecule has 282 valence electrons. The fourth-order valence-electron chi connectivity index (χ4n) is 8.15. The first-order chi connectivity index (χ1) is 28.0. The van der Waals surface area contributed by atoms with E-state index < -0.39 is 11.7 Å². The number of fused-ring (bicyclic) bond motifs is 6. The van der Waals surface area contributed by atoms with Crippen molar-refractivity contribution in [3.05, 3.63) is 150 Å². The van der Waals surface area contributed by atoms with E-state index in [0.717, 1.165) is 60.8 Å². The molecule has 0 amide bonds. The van der Waals surface area contributed by atoms with Gasteiger partial charge in [0.05, 0.1) is 45.2 Å². The monoisotopic (exact) mass is 767 g/mol. The first kappa shape index (κ1) is 35.1. The van der Waals surface area contributed by atoms with Gasteiger partial charge < -0.3 is 9.13 Å². The zero-order chi connectivity index (χ0) is 39.9. The van der Waals surface area contributed by atoms with E-state index >= 15 is 0 Å². The van der Waals surface area contributed by atoms with E-state index in [2.05, 4.69) is 51.6 Å². The Bertz CT molecular complexity index is 3250. The van der Waals surface area contributed by atoms with Crippen LogP contribution in [0.5, 0.6) is 0 Å². The molecule has 0 atom stereocenters. The zero-order valence-corrected chi connectivity index (χ0v) is 31.7. The third-order valence-corrected chi connectivity index (χ3v) is 10.5. The lowest BCUT2D eigenvalue weighted by atomic mass is 9.99. The molecule has 10 aromatic rings. The van der Waals surface area contributed by atoms with Crippen LogP contribution in [-0.2, 0) is 6.18 Å². The molecule has 0 fully saturated rings. The number of halogens is 3. The largest absolute Gasteiger partial charge is 0.416 e. The normalized spacial score (nSPS) is 12.1. The minimum absolute atomic E-state index is 0.372. The number of benzene rings is 5. The molecule has 10 rings (SSSR count). The van der Waals surface area contributed by atoms with Crippen molar-refractivity contribution in [3.8, 4) is 45.3 Å². The highest BCUT2D eigenvalue weighted by Crippen LogP contribution is 2.43. The number of pyridine rings is 1. The second-order valence-electron chi connectivity index (χ2n) is 14.3. The maximum atomic E-state index is 14.7. The van der Waals surface area contributed by atoms with E-state index in [1.54, 1.807) is 18.5 Å². The minimum atomic E-state index is -4.59. The molecular formula is C46H32F3N9. The van der Waals surface area contributed by atoms with Gasteiger partial charge in [-0.1, -0.05) is 42.5 Å². The summed E-state index contributed by atoms with van der Waals surface area (Å²) in [7, 11) is 0. The van der Waals surface area contributed by atoms with Gasteiger partial charge in [-0.25, -0.2) is 29.9 Å². The molecule has 0 radical (unpaired) electrons. The van der Waals surface area contributed by atoms with E-state index in [-0.39, 0.29) is 0 Å². The van der Waals surface area contributed by atoms with Crippen LogP contribution in [0.3, 0.4) is 0 Å². The summed E-state index contributed by atoms with van der Waals surface area (Å²) in [5.41, 5.74) is 6.53. The summed E-state index contributed by atoms with van der Waals surface area (Å²) in [6.45, 7) is 7.33. The van der Waals surface area contributed by atoms with Gasteiger partial charge in [-0.05, 0) is 94.4 Å². The van der Waals surface area contributed by atoms with Gasteiger partial charge >= 0.3 is 6.18 Å². The lowest BCUT2D eigenvalue weighted by Gasteiger charge is -2.20. The van der Waals surface area contributed by atoms with Gasteiger partial charge in [-0.3, -0.25) is 4.98 Å². The number of para-hydroxylation sites is 2. The Morgan fingerprint density at radius 1 is 0.448 bits per heavy atom. The van der Waals surface area contributed by atoms with Crippen molar-refractivity contribution in [2.24, 2.45) is 0 Å². The first-order valence-corrected chi connectivity index (χ1v) is 18.6. The van der Waals surface area contributed by atoms with Crippen molar-refractivity contribution < 1.29 is 13.2 Å². The smallest absolute Gasteiger partial charge is 0.309 e. The molecule has 0 spiro atoms. The van der Waals surface area contributed by atoms with Gasteiger partial charge in [0.2, 0.25) is 0 Å². The second kappa shape index (κ2) is 13.1. The molecule has 9 nitrogen and oxygen atoms in total. The van der Waals surface area contributed by atoms with E-state index in [0.29, 0.717) is 57.4 Å². The quantitative estimate of drug-likeness (QED) is 0.172. The molecule has 12 heteroatoms. The lowest BCUT2D eigenvalue weighted by molar-refractivity contribution is -0.137. The van der Waals surface area contributed by atoms with E-state index in [4.69, 9.17) is 0 Å². The highest BCUT2D eigenvalue weighted by atomic mass is 19.4. The van der Waals surface area contributed by atoms with Crippen LogP contribution in [0.2, 0.25) is 0 Å². The molecule has 0 aliphatic rings.